The number of amides is 3. The van der Waals surface area contributed by atoms with Crippen molar-refractivity contribution in [1.29, 1.82) is 0 Å². The van der Waals surface area contributed by atoms with Crippen LogP contribution in [0.4, 0.5) is 0 Å². The fraction of sp³-hybridized carbons (Fsp3) is 0.550. The second-order valence-corrected chi connectivity index (χ2v) is 6.94. The van der Waals surface area contributed by atoms with Crippen molar-refractivity contribution in [2.45, 2.75) is 38.8 Å². The largest absolute Gasteiger partial charge is 0.382 e. The summed E-state index contributed by atoms with van der Waals surface area (Å²) in [5.41, 5.74) is 1.49. The van der Waals surface area contributed by atoms with Gasteiger partial charge in [-0.1, -0.05) is 12.1 Å². The Hall–Kier alpha value is -2.41. The number of benzene rings is 1. The fourth-order valence-corrected chi connectivity index (χ4v) is 3.60. The number of hydrogen-bond donors (Lipinski definition) is 1. The van der Waals surface area contributed by atoms with Crippen molar-refractivity contribution in [2.24, 2.45) is 0 Å². The van der Waals surface area contributed by atoms with E-state index in [0.29, 0.717) is 38.4 Å². The summed E-state index contributed by atoms with van der Waals surface area (Å²) in [6.45, 7) is 5.05. The number of nitrogens with zero attached hydrogens (tertiary/aromatic N) is 2. The van der Waals surface area contributed by atoms with Gasteiger partial charge in [-0.2, -0.15) is 0 Å². The minimum absolute atomic E-state index is 0.0279. The van der Waals surface area contributed by atoms with Crippen LogP contribution in [0.25, 0.3) is 0 Å². The van der Waals surface area contributed by atoms with Crippen molar-refractivity contribution in [2.75, 3.05) is 32.8 Å². The van der Waals surface area contributed by atoms with Crippen molar-refractivity contribution >= 4 is 17.7 Å². The van der Waals surface area contributed by atoms with Crippen LogP contribution in [-0.4, -0.2) is 66.4 Å². The minimum atomic E-state index is -0.284. The first-order valence-corrected chi connectivity index (χ1v) is 9.63. The van der Waals surface area contributed by atoms with Crippen molar-refractivity contribution in [3.05, 3.63) is 35.4 Å². The first-order chi connectivity index (χ1) is 13.1. The number of ether oxygens (including phenoxy) is 1. The number of carbonyl (C=O) groups is 3. The summed E-state index contributed by atoms with van der Waals surface area (Å²) in [7, 11) is 0. The number of rotatable bonds is 8. The highest BCUT2D eigenvalue weighted by Gasteiger charge is 2.41. The molecule has 2 aliphatic rings. The molecule has 3 rings (SSSR count). The lowest BCUT2D eigenvalue weighted by molar-refractivity contribution is -0.154. The topological polar surface area (TPSA) is 79.0 Å². The monoisotopic (exact) mass is 373 g/mol. The maximum Gasteiger partial charge on any atom is 0.251 e. The van der Waals surface area contributed by atoms with Gasteiger partial charge in [0.05, 0.1) is 0 Å². The SMILES string of the molecule is CCOCCCNC(=O)c1ccc(CN2CC(=O)N3CCCC3C2=O)cc1. The molecule has 1 N–H and O–H groups in total. The molecule has 2 saturated heterocycles. The van der Waals surface area contributed by atoms with Gasteiger partial charge in [0.1, 0.15) is 12.6 Å². The van der Waals surface area contributed by atoms with Crippen molar-refractivity contribution in [3.8, 4) is 0 Å². The lowest BCUT2D eigenvalue weighted by Gasteiger charge is -2.36. The van der Waals surface area contributed by atoms with Crippen LogP contribution in [0.15, 0.2) is 24.3 Å². The molecule has 0 aromatic heterocycles. The number of fused-ring (bicyclic) bond motifs is 1. The van der Waals surface area contributed by atoms with E-state index in [1.54, 1.807) is 21.9 Å². The van der Waals surface area contributed by atoms with Crippen LogP contribution in [0.1, 0.15) is 42.1 Å². The third-order valence-corrected chi connectivity index (χ3v) is 5.04. The van der Waals surface area contributed by atoms with E-state index in [4.69, 9.17) is 4.74 Å². The fourth-order valence-electron chi connectivity index (χ4n) is 3.60. The Morgan fingerprint density at radius 3 is 2.78 bits per heavy atom. The number of hydrogen-bond acceptors (Lipinski definition) is 4. The Labute approximate surface area is 159 Å². The molecule has 1 unspecified atom stereocenters. The van der Waals surface area contributed by atoms with Gasteiger partial charge in [-0.15, -0.1) is 0 Å². The van der Waals surface area contributed by atoms with E-state index in [9.17, 15) is 14.4 Å². The molecule has 3 amide bonds. The van der Waals surface area contributed by atoms with E-state index in [-0.39, 0.29) is 30.3 Å². The Balaban J connectivity index is 1.52. The lowest BCUT2D eigenvalue weighted by Crippen LogP contribution is -2.56. The van der Waals surface area contributed by atoms with E-state index in [1.807, 2.05) is 19.1 Å². The Morgan fingerprint density at radius 2 is 2.04 bits per heavy atom. The van der Waals surface area contributed by atoms with Gasteiger partial charge in [-0.3, -0.25) is 14.4 Å². The number of piperazine rings is 1. The predicted octanol–water partition coefficient (Wildman–Crippen LogP) is 1.18. The molecular formula is C20H27N3O4. The van der Waals surface area contributed by atoms with Crippen LogP contribution >= 0.6 is 0 Å². The zero-order chi connectivity index (χ0) is 19.2. The van der Waals surface area contributed by atoms with Gasteiger partial charge in [-0.05, 0) is 43.9 Å². The van der Waals surface area contributed by atoms with E-state index in [1.165, 1.54) is 0 Å². The summed E-state index contributed by atoms with van der Waals surface area (Å²) in [4.78, 5) is 40.2. The minimum Gasteiger partial charge on any atom is -0.382 e. The Kier molecular flexibility index (Phi) is 6.45. The molecule has 1 atom stereocenters. The van der Waals surface area contributed by atoms with E-state index in [2.05, 4.69) is 5.32 Å². The summed E-state index contributed by atoms with van der Waals surface area (Å²) in [5, 5.41) is 2.86. The van der Waals surface area contributed by atoms with Gasteiger partial charge in [0.25, 0.3) is 5.91 Å². The molecule has 0 spiro atoms. The molecule has 0 radical (unpaired) electrons. The average Bonchev–Trinajstić information content (AvgIpc) is 3.17. The highest BCUT2D eigenvalue weighted by molar-refractivity contribution is 5.95. The molecule has 7 heteroatoms. The molecule has 2 fully saturated rings. The van der Waals surface area contributed by atoms with Crippen LogP contribution in [0.2, 0.25) is 0 Å². The van der Waals surface area contributed by atoms with Crippen molar-refractivity contribution in [3.63, 3.8) is 0 Å². The molecular weight excluding hydrogens is 346 g/mol. The summed E-state index contributed by atoms with van der Waals surface area (Å²) in [6.07, 6.45) is 2.43. The van der Waals surface area contributed by atoms with Gasteiger partial charge in [0, 0.05) is 38.4 Å². The highest BCUT2D eigenvalue weighted by atomic mass is 16.5. The summed E-state index contributed by atoms with van der Waals surface area (Å²) in [6, 6.07) is 6.91. The Bertz CT molecular complexity index is 689. The summed E-state index contributed by atoms with van der Waals surface area (Å²) >= 11 is 0. The van der Waals surface area contributed by atoms with Gasteiger partial charge >= 0.3 is 0 Å². The third-order valence-electron chi connectivity index (χ3n) is 5.04. The second kappa shape index (κ2) is 8.99. The molecule has 27 heavy (non-hydrogen) atoms. The van der Waals surface area contributed by atoms with Crippen LogP contribution in [0.5, 0.6) is 0 Å². The first kappa shape index (κ1) is 19.4. The van der Waals surface area contributed by atoms with Crippen LogP contribution in [-0.2, 0) is 20.9 Å². The summed E-state index contributed by atoms with van der Waals surface area (Å²) in [5.74, 6) is -0.0627. The normalized spacial score (nSPS) is 19.4. The smallest absolute Gasteiger partial charge is 0.251 e. The molecule has 1 aromatic carbocycles. The van der Waals surface area contributed by atoms with Crippen molar-refractivity contribution < 1.29 is 19.1 Å². The molecule has 1 aromatic rings. The summed E-state index contributed by atoms with van der Waals surface area (Å²) < 4.78 is 5.24. The molecule has 2 heterocycles. The predicted molar refractivity (Wildman–Crippen MR) is 100 cm³/mol. The number of carbonyl (C=O) groups excluding carboxylic acids is 3. The molecule has 0 aliphatic carbocycles. The maximum atomic E-state index is 12.6. The Morgan fingerprint density at radius 1 is 1.26 bits per heavy atom. The van der Waals surface area contributed by atoms with Gasteiger partial charge in [0.2, 0.25) is 11.8 Å². The lowest BCUT2D eigenvalue weighted by atomic mass is 10.1. The van der Waals surface area contributed by atoms with E-state index >= 15 is 0 Å². The van der Waals surface area contributed by atoms with Crippen molar-refractivity contribution in [1.82, 2.24) is 15.1 Å². The van der Waals surface area contributed by atoms with E-state index in [0.717, 1.165) is 24.8 Å². The number of nitrogens with one attached hydrogen (secondary N) is 1. The molecule has 2 aliphatic heterocycles. The molecule has 7 nitrogen and oxygen atoms in total. The zero-order valence-corrected chi connectivity index (χ0v) is 15.8. The van der Waals surface area contributed by atoms with Crippen LogP contribution < -0.4 is 5.32 Å². The van der Waals surface area contributed by atoms with E-state index < -0.39 is 0 Å². The second-order valence-electron chi connectivity index (χ2n) is 6.94. The molecule has 0 bridgehead atoms. The van der Waals surface area contributed by atoms with Gasteiger partial charge < -0.3 is 19.9 Å². The van der Waals surface area contributed by atoms with Gasteiger partial charge in [0.15, 0.2) is 0 Å². The average molecular weight is 373 g/mol. The third kappa shape index (κ3) is 4.66. The molecule has 0 saturated carbocycles. The maximum absolute atomic E-state index is 12.6. The quantitative estimate of drug-likeness (QED) is 0.694. The zero-order valence-electron chi connectivity index (χ0n) is 15.8. The van der Waals surface area contributed by atoms with Crippen LogP contribution in [0, 0.1) is 0 Å². The first-order valence-electron chi connectivity index (χ1n) is 9.63. The molecule has 146 valence electrons. The standard InChI is InChI=1S/C20H27N3O4/c1-2-27-12-4-10-21-19(25)16-8-6-15(7-9-16)13-22-14-18(24)23-11-3-5-17(23)20(22)26/h6-9,17H,2-5,10-14H2,1H3,(H,21,25). The van der Waals surface area contributed by atoms with Gasteiger partial charge in [-0.25, -0.2) is 0 Å². The van der Waals surface area contributed by atoms with Crippen LogP contribution in [0.3, 0.4) is 0 Å². The highest BCUT2D eigenvalue weighted by Crippen LogP contribution is 2.24.